The maximum Gasteiger partial charge on any atom is 0.416 e. The first-order valence-corrected chi connectivity index (χ1v) is 7.49. The summed E-state index contributed by atoms with van der Waals surface area (Å²) in [4.78, 5) is 11.9. The molecule has 2 aromatic carbocycles. The Morgan fingerprint density at radius 3 is 2.50 bits per heavy atom. The van der Waals surface area contributed by atoms with Gasteiger partial charge in [-0.15, -0.1) is 0 Å². The molecule has 24 heavy (non-hydrogen) atoms. The summed E-state index contributed by atoms with van der Waals surface area (Å²) in [6.45, 7) is 4.26. The van der Waals surface area contributed by atoms with Crippen molar-refractivity contribution in [1.29, 1.82) is 0 Å². The molecule has 0 aliphatic rings. The largest absolute Gasteiger partial charge is 0.416 e. The van der Waals surface area contributed by atoms with E-state index in [0.717, 1.165) is 28.8 Å². The lowest BCUT2D eigenvalue weighted by Crippen LogP contribution is -2.29. The Morgan fingerprint density at radius 1 is 1.08 bits per heavy atom. The first-order valence-electron chi connectivity index (χ1n) is 7.49. The molecule has 0 aliphatic carbocycles. The van der Waals surface area contributed by atoms with Crippen LogP contribution in [0.5, 0.6) is 0 Å². The van der Waals surface area contributed by atoms with Crippen LogP contribution in [0.3, 0.4) is 0 Å². The monoisotopic (exact) mass is 336 g/mol. The molecule has 0 fully saturated rings. The quantitative estimate of drug-likeness (QED) is 0.865. The summed E-state index contributed by atoms with van der Waals surface area (Å²) in [5.74, 6) is -0.285. The van der Waals surface area contributed by atoms with Gasteiger partial charge in [0.25, 0.3) is 0 Å². The highest BCUT2D eigenvalue weighted by Gasteiger charge is 2.30. The van der Waals surface area contributed by atoms with Crippen molar-refractivity contribution in [2.75, 3.05) is 11.9 Å². The number of carbonyl (C=O) groups excluding carboxylic acids is 1. The third kappa shape index (κ3) is 5.01. The van der Waals surface area contributed by atoms with Gasteiger partial charge in [0.05, 0.1) is 12.1 Å². The van der Waals surface area contributed by atoms with Gasteiger partial charge in [0, 0.05) is 12.2 Å². The van der Waals surface area contributed by atoms with Gasteiger partial charge < -0.3 is 10.6 Å². The van der Waals surface area contributed by atoms with Crippen molar-refractivity contribution < 1.29 is 18.0 Å². The molecule has 128 valence electrons. The van der Waals surface area contributed by atoms with Gasteiger partial charge >= 0.3 is 6.18 Å². The van der Waals surface area contributed by atoms with Gasteiger partial charge in [0.1, 0.15) is 0 Å². The molecule has 0 aromatic heterocycles. The van der Waals surface area contributed by atoms with Crippen molar-refractivity contribution in [3.05, 3.63) is 64.7 Å². The van der Waals surface area contributed by atoms with Gasteiger partial charge in [-0.2, -0.15) is 13.2 Å². The fourth-order valence-electron chi connectivity index (χ4n) is 2.29. The molecule has 0 aliphatic heterocycles. The summed E-state index contributed by atoms with van der Waals surface area (Å²) in [7, 11) is 0. The van der Waals surface area contributed by atoms with E-state index in [-0.39, 0.29) is 18.1 Å². The number of alkyl halides is 3. The Labute approximate surface area is 138 Å². The molecule has 2 aromatic rings. The topological polar surface area (TPSA) is 41.1 Å². The van der Waals surface area contributed by atoms with Crippen LogP contribution in [0.2, 0.25) is 0 Å². The number of benzene rings is 2. The van der Waals surface area contributed by atoms with E-state index in [4.69, 9.17) is 0 Å². The minimum absolute atomic E-state index is 0.0911. The third-order valence-corrected chi connectivity index (χ3v) is 3.62. The highest BCUT2D eigenvalue weighted by Crippen LogP contribution is 2.30. The molecule has 0 spiro atoms. The second kappa shape index (κ2) is 7.38. The second-order valence-corrected chi connectivity index (χ2v) is 5.64. The summed E-state index contributed by atoms with van der Waals surface area (Å²) < 4.78 is 37.9. The highest BCUT2D eigenvalue weighted by molar-refractivity contribution is 5.80. The maximum absolute atomic E-state index is 12.6. The molecule has 0 heterocycles. The van der Waals surface area contributed by atoms with Crippen LogP contribution in [-0.4, -0.2) is 12.5 Å². The Bertz CT molecular complexity index is 726. The Morgan fingerprint density at radius 2 is 1.83 bits per heavy atom. The predicted molar refractivity (Wildman–Crippen MR) is 87.7 cm³/mol. The molecule has 0 saturated carbocycles. The molecule has 1 amide bonds. The summed E-state index contributed by atoms with van der Waals surface area (Å²) in [6.07, 6.45) is -4.40. The van der Waals surface area contributed by atoms with Crippen LogP contribution in [-0.2, 0) is 17.5 Å². The highest BCUT2D eigenvalue weighted by atomic mass is 19.4. The van der Waals surface area contributed by atoms with E-state index >= 15 is 0 Å². The van der Waals surface area contributed by atoms with E-state index in [1.165, 1.54) is 12.1 Å². The van der Waals surface area contributed by atoms with E-state index < -0.39 is 11.7 Å². The smallest absolute Gasteiger partial charge is 0.376 e. The number of halogens is 3. The number of carbonyl (C=O) groups is 1. The number of nitrogens with one attached hydrogen (secondary N) is 2. The lowest BCUT2D eigenvalue weighted by molar-refractivity contribution is -0.137. The van der Waals surface area contributed by atoms with Crippen LogP contribution in [0.4, 0.5) is 18.9 Å². The van der Waals surface area contributed by atoms with Crippen molar-refractivity contribution in [1.82, 2.24) is 5.32 Å². The number of hydrogen-bond acceptors (Lipinski definition) is 2. The normalized spacial score (nSPS) is 11.2. The van der Waals surface area contributed by atoms with E-state index in [0.29, 0.717) is 6.54 Å². The molecule has 6 heteroatoms. The Kier molecular flexibility index (Phi) is 5.49. The zero-order valence-electron chi connectivity index (χ0n) is 13.5. The molecule has 0 bridgehead atoms. The van der Waals surface area contributed by atoms with Crippen molar-refractivity contribution in [3.63, 3.8) is 0 Å². The van der Waals surface area contributed by atoms with Crippen LogP contribution >= 0.6 is 0 Å². The van der Waals surface area contributed by atoms with Gasteiger partial charge in [0.2, 0.25) is 5.91 Å². The van der Waals surface area contributed by atoms with Crippen molar-refractivity contribution >= 4 is 11.6 Å². The third-order valence-electron chi connectivity index (χ3n) is 3.62. The summed E-state index contributed by atoms with van der Waals surface area (Å²) in [5, 5.41) is 5.46. The lowest BCUT2D eigenvalue weighted by atomic mass is 10.1. The van der Waals surface area contributed by atoms with Gasteiger partial charge in [-0.25, -0.2) is 0 Å². The van der Waals surface area contributed by atoms with E-state index in [1.54, 1.807) is 0 Å². The van der Waals surface area contributed by atoms with Crippen molar-refractivity contribution in [3.8, 4) is 0 Å². The van der Waals surface area contributed by atoms with Crippen LogP contribution in [0.15, 0.2) is 42.5 Å². The summed E-state index contributed by atoms with van der Waals surface area (Å²) >= 11 is 0. The zero-order valence-corrected chi connectivity index (χ0v) is 13.5. The minimum Gasteiger partial charge on any atom is -0.376 e. The first-order chi connectivity index (χ1) is 11.3. The van der Waals surface area contributed by atoms with Gasteiger partial charge in [-0.05, 0) is 43.2 Å². The molecular formula is C18H19F3N2O. The van der Waals surface area contributed by atoms with Crippen molar-refractivity contribution in [2.24, 2.45) is 0 Å². The van der Waals surface area contributed by atoms with E-state index in [9.17, 15) is 18.0 Å². The van der Waals surface area contributed by atoms with E-state index in [2.05, 4.69) is 10.6 Å². The van der Waals surface area contributed by atoms with Crippen LogP contribution in [0.1, 0.15) is 22.3 Å². The molecular weight excluding hydrogens is 317 g/mol. The van der Waals surface area contributed by atoms with Gasteiger partial charge in [-0.3, -0.25) is 4.79 Å². The lowest BCUT2D eigenvalue weighted by Gasteiger charge is -2.12. The molecule has 0 atom stereocenters. The fourth-order valence-corrected chi connectivity index (χ4v) is 2.29. The van der Waals surface area contributed by atoms with Gasteiger partial charge in [-0.1, -0.05) is 29.8 Å². The average Bonchev–Trinajstić information content (AvgIpc) is 2.51. The Hall–Kier alpha value is -2.50. The predicted octanol–water partition coefficient (Wildman–Crippen LogP) is 4.05. The maximum atomic E-state index is 12.6. The molecule has 2 N–H and O–H groups in total. The number of hydrogen-bond donors (Lipinski definition) is 2. The minimum atomic E-state index is -4.40. The van der Waals surface area contributed by atoms with Gasteiger partial charge in [0.15, 0.2) is 0 Å². The van der Waals surface area contributed by atoms with Crippen LogP contribution in [0, 0.1) is 13.8 Å². The number of amides is 1. The molecule has 3 nitrogen and oxygen atoms in total. The van der Waals surface area contributed by atoms with E-state index in [1.807, 2.05) is 32.0 Å². The summed E-state index contributed by atoms with van der Waals surface area (Å²) in [6, 6.07) is 10.7. The number of anilines is 1. The molecule has 0 saturated heterocycles. The summed E-state index contributed by atoms with van der Waals surface area (Å²) in [5.41, 5.74) is 2.75. The van der Waals surface area contributed by atoms with Crippen LogP contribution < -0.4 is 10.6 Å². The average molecular weight is 336 g/mol. The second-order valence-electron chi connectivity index (χ2n) is 5.64. The Balaban J connectivity index is 1.87. The fraction of sp³-hybridized carbons (Fsp3) is 0.278. The molecule has 0 radical (unpaired) electrons. The van der Waals surface area contributed by atoms with Crippen LogP contribution in [0.25, 0.3) is 0 Å². The first kappa shape index (κ1) is 17.8. The molecule has 0 unspecified atom stereocenters. The number of rotatable bonds is 5. The number of aryl methyl sites for hydroxylation is 2. The zero-order chi connectivity index (χ0) is 17.7. The van der Waals surface area contributed by atoms with Crippen molar-refractivity contribution in [2.45, 2.75) is 26.6 Å². The standard InChI is InChI=1S/C18H19F3N2O/c1-12-6-7-14(13(2)8-12)10-23-17(24)11-22-16-5-3-4-15(9-16)18(19,20)21/h3-9,22H,10-11H2,1-2H3,(H,23,24). The SMILES string of the molecule is Cc1ccc(CNC(=O)CNc2cccc(C(F)(F)F)c2)c(C)c1. The molecule has 2 rings (SSSR count).